The molecule has 0 radical (unpaired) electrons. The second kappa shape index (κ2) is 13.6. The van der Waals surface area contributed by atoms with E-state index in [-0.39, 0.29) is 5.41 Å². The number of fused-ring (bicyclic) bond motifs is 15. The van der Waals surface area contributed by atoms with Crippen LogP contribution in [0.15, 0.2) is 205 Å². The van der Waals surface area contributed by atoms with E-state index in [4.69, 9.17) is 9.98 Å². The number of thiazole rings is 1. The van der Waals surface area contributed by atoms with Crippen LogP contribution in [0.1, 0.15) is 44.9 Å². The average molecular weight is 771 g/mol. The molecule has 12 rings (SSSR count). The minimum atomic E-state index is -0.259. The maximum Gasteiger partial charge on any atom is 0.124 e. The molecule has 0 aliphatic heterocycles. The van der Waals surface area contributed by atoms with E-state index >= 15 is 0 Å². The Labute approximate surface area is 347 Å². The largest absolute Gasteiger partial charge is 0.256 e. The Balaban J connectivity index is 0.952. The number of hydrogen-bond donors (Lipinski definition) is 0. The Bertz CT molecular complexity index is 3210. The lowest BCUT2D eigenvalue weighted by Crippen LogP contribution is -2.32. The number of hydrogen-bond acceptors (Lipinski definition) is 3. The summed E-state index contributed by atoms with van der Waals surface area (Å²) in [6, 6.07) is 62.1. The fourth-order valence-electron chi connectivity index (χ4n) is 10.3. The predicted octanol–water partition coefficient (Wildman–Crippen LogP) is 14.1. The molecule has 0 bridgehead atoms. The molecule has 3 aliphatic carbocycles. The SMILES string of the molecule is C1=CC2c3ccc(-c4nc5c(ccc6ccc7cc(/C=N/C(=C\Cc8ccccc8)c8ccccc8)ccc7c65)s4)cc3C3(c4ccccc4-c4ccccc43)C2C=C1. The summed E-state index contributed by atoms with van der Waals surface area (Å²) in [5.41, 5.74) is 14.8. The molecule has 2 nitrogen and oxygen atoms in total. The molecule has 8 aromatic carbocycles. The Hall–Kier alpha value is -6.94. The zero-order chi connectivity index (χ0) is 38.9. The molecule has 1 spiro atoms. The van der Waals surface area contributed by atoms with Crippen molar-refractivity contribution >= 4 is 55.0 Å². The van der Waals surface area contributed by atoms with E-state index in [0.717, 1.165) is 33.8 Å². The molecule has 0 amide bonds. The summed E-state index contributed by atoms with van der Waals surface area (Å²) in [5, 5.41) is 5.85. The van der Waals surface area contributed by atoms with Crippen LogP contribution in [0.2, 0.25) is 0 Å². The van der Waals surface area contributed by atoms with E-state index in [1.165, 1.54) is 70.8 Å². The third kappa shape index (κ3) is 5.32. The summed E-state index contributed by atoms with van der Waals surface area (Å²) >= 11 is 1.80. The van der Waals surface area contributed by atoms with Gasteiger partial charge in [-0.25, -0.2) is 4.98 Å². The van der Waals surface area contributed by atoms with Gasteiger partial charge in [0.2, 0.25) is 0 Å². The topological polar surface area (TPSA) is 25.2 Å². The lowest BCUT2D eigenvalue weighted by molar-refractivity contribution is 0.465. The summed E-state index contributed by atoms with van der Waals surface area (Å²) < 4.78 is 1.20. The quantitative estimate of drug-likeness (QED) is 0.122. The highest BCUT2D eigenvalue weighted by Crippen LogP contribution is 2.65. The lowest BCUT2D eigenvalue weighted by Gasteiger charge is -2.36. The van der Waals surface area contributed by atoms with Crippen molar-refractivity contribution in [1.82, 2.24) is 4.98 Å². The molecule has 3 aliphatic rings. The number of benzene rings is 8. The van der Waals surface area contributed by atoms with Crippen LogP contribution >= 0.6 is 11.3 Å². The number of nitrogens with zero attached hydrogens (tertiary/aromatic N) is 2. The number of aromatic nitrogens is 1. The van der Waals surface area contributed by atoms with Crippen molar-refractivity contribution < 1.29 is 0 Å². The summed E-state index contributed by atoms with van der Waals surface area (Å²) in [6.07, 6.45) is 14.4. The van der Waals surface area contributed by atoms with Gasteiger partial charge < -0.3 is 0 Å². The molecule has 0 saturated heterocycles. The number of rotatable bonds is 6. The van der Waals surface area contributed by atoms with Crippen molar-refractivity contribution in [1.29, 1.82) is 0 Å². The van der Waals surface area contributed by atoms with Gasteiger partial charge in [0.1, 0.15) is 5.01 Å². The van der Waals surface area contributed by atoms with Gasteiger partial charge >= 0.3 is 0 Å². The van der Waals surface area contributed by atoms with Gasteiger partial charge in [0.05, 0.1) is 21.3 Å². The van der Waals surface area contributed by atoms with Crippen molar-refractivity contribution in [3.8, 4) is 21.7 Å². The standard InChI is InChI=1S/C56H38N2S/c1-3-13-36(14-4-1)24-31-51(38-15-5-2-6-16-38)57-35-37-23-29-42-40(33-37)26-25-39-28-32-52-54(53(39)42)58-55(59-52)41-27-30-46-45-19-9-12-22-49(45)56(50(46)34-41)47-20-10-7-17-43(47)44-18-8-11-21-48(44)56/h1-23,25-35,45,49H,24H2/b51-31-,57-35+. The van der Waals surface area contributed by atoms with E-state index in [2.05, 4.69) is 200 Å². The first-order valence-electron chi connectivity index (χ1n) is 20.5. The molecule has 1 heterocycles. The van der Waals surface area contributed by atoms with Crippen molar-refractivity contribution in [2.24, 2.45) is 10.9 Å². The highest BCUT2D eigenvalue weighted by Gasteiger charge is 2.57. The second-order valence-corrected chi connectivity index (χ2v) is 17.0. The van der Waals surface area contributed by atoms with Crippen molar-refractivity contribution in [2.75, 3.05) is 0 Å². The fourth-order valence-corrected chi connectivity index (χ4v) is 11.3. The second-order valence-electron chi connectivity index (χ2n) is 16.0. The molecule has 0 fully saturated rings. The predicted molar refractivity (Wildman–Crippen MR) is 248 cm³/mol. The molecule has 59 heavy (non-hydrogen) atoms. The molecule has 9 aromatic rings. The minimum Gasteiger partial charge on any atom is -0.256 e. The zero-order valence-corrected chi connectivity index (χ0v) is 33.1. The van der Waals surface area contributed by atoms with Crippen LogP contribution < -0.4 is 0 Å². The maximum atomic E-state index is 5.50. The van der Waals surface area contributed by atoms with E-state index in [1.807, 2.05) is 6.21 Å². The highest BCUT2D eigenvalue weighted by molar-refractivity contribution is 7.21. The van der Waals surface area contributed by atoms with Crippen molar-refractivity contribution in [3.05, 3.63) is 239 Å². The van der Waals surface area contributed by atoms with E-state index in [0.29, 0.717) is 11.8 Å². The van der Waals surface area contributed by atoms with Gasteiger partial charge in [0.25, 0.3) is 0 Å². The molecular formula is C56H38N2S. The van der Waals surface area contributed by atoms with Gasteiger partial charge in [0, 0.05) is 29.0 Å². The molecule has 0 N–H and O–H groups in total. The first kappa shape index (κ1) is 34.1. The Morgan fingerprint density at radius 2 is 1.36 bits per heavy atom. The van der Waals surface area contributed by atoms with Gasteiger partial charge in [0.15, 0.2) is 0 Å². The van der Waals surface area contributed by atoms with Crippen LogP contribution in [0.5, 0.6) is 0 Å². The summed E-state index contributed by atoms with van der Waals surface area (Å²) in [7, 11) is 0. The van der Waals surface area contributed by atoms with Gasteiger partial charge in [-0.05, 0) is 90.8 Å². The first-order valence-corrected chi connectivity index (χ1v) is 21.3. The van der Waals surface area contributed by atoms with E-state index < -0.39 is 0 Å². The summed E-state index contributed by atoms with van der Waals surface area (Å²) in [4.78, 5) is 10.6. The van der Waals surface area contributed by atoms with Crippen LogP contribution in [0.25, 0.3) is 59.2 Å². The van der Waals surface area contributed by atoms with Gasteiger partial charge in [-0.15, -0.1) is 11.3 Å². The van der Waals surface area contributed by atoms with Crippen LogP contribution in [0, 0.1) is 5.92 Å². The Morgan fingerprint density at radius 3 is 2.17 bits per heavy atom. The average Bonchev–Trinajstić information content (AvgIpc) is 3.97. The third-order valence-electron chi connectivity index (χ3n) is 12.9. The molecule has 2 atom stereocenters. The maximum absolute atomic E-state index is 5.50. The molecule has 3 heteroatoms. The highest BCUT2D eigenvalue weighted by atomic mass is 32.1. The third-order valence-corrected chi connectivity index (χ3v) is 14.0. The zero-order valence-electron chi connectivity index (χ0n) is 32.3. The van der Waals surface area contributed by atoms with Crippen LogP contribution in [0.3, 0.4) is 0 Å². The van der Waals surface area contributed by atoms with Crippen LogP contribution in [-0.4, -0.2) is 11.2 Å². The molecule has 2 unspecified atom stereocenters. The Morgan fingerprint density at radius 1 is 0.644 bits per heavy atom. The summed E-state index contributed by atoms with van der Waals surface area (Å²) in [5.74, 6) is 0.623. The molecule has 1 aromatic heterocycles. The normalized spacial score (nSPS) is 17.3. The molecular weight excluding hydrogens is 733 g/mol. The monoisotopic (exact) mass is 770 g/mol. The lowest BCUT2D eigenvalue weighted by atomic mass is 9.65. The smallest absolute Gasteiger partial charge is 0.124 e. The van der Waals surface area contributed by atoms with Crippen LogP contribution in [-0.2, 0) is 11.8 Å². The first-order chi connectivity index (χ1) is 29.2. The van der Waals surface area contributed by atoms with Crippen molar-refractivity contribution in [3.63, 3.8) is 0 Å². The number of allylic oxidation sites excluding steroid dienone is 5. The van der Waals surface area contributed by atoms with Crippen molar-refractivity contribution in [2.45, 2.75) is 17.8 Å². The molecule has 278 valence electrons. The number of aliphatic imine (C=N–C) groups is 1. The Kier molecular flexibility index (Phi) is 7.86. The van der Waals surface area contributed by atoms with Gasteiger partial charge in [-0.1, -0.05) is 182 Å². The van der Waals surface area contributed by atoms with Gasteiger partial charge in [-0.3, -0.25) is 4.99 Å². The van der Waals surface area contributed by atoms with Gasteiger partial charge in [-0.2, -0.15) is 0 Å². The minimum absolute atomic E-state index is 0.259. The van der Waals surface area contributed by atoms with E-state index in [1.54, 1.807) is 11.3 Å². The molecule has 0 saturated carbocycles. The fraction of sp³-hybridized carbons (Fsp3) is 0.0714. The summed E-state index contributed by atoms with van der Waals surface area (Å²) in [6.45, 7) is 0. The van der Waals surface area contributed by atoms with E-state index in [9.17, 15) is 0 Å². The van der Waals surface area contributed by atoms with Crippen LogP contribution in [0.4, 0.5) is 0 Å².